The number of hydrogen-bond donors (Lipinski definition) is 1. The lowest BCUT2D eigenvalue weighted by Gasteiger charge is -2.22. The monoisotopic (exact) mass is 221 g/mol. The zero-order valence-corrected chi connectivity index (χ0v) is 10.3. The SMILES string of the molecule is CNC(=O)C(C)CN(C)c1ccnc(C)c1. The highest BCUT2D eigenvalue weighted by Crippen LogP contribution is 2.13. The van der Waals surface area contributed by atoms with Gasteiger partial charge in [-0.25, -0.2) is 0 Å². The van der Waals surface area contributed by atoms with Crippen LogP contribution in [-0.2, 0) is 4.79 Å². The lowest BCUT2D eigenvalue weighted by molar-refractivity contribution is -0.123. The molecule has 0 saturated heterocycles. The summed E-state index contributed by atoms with van der Waals surface area (Å²) in [7, 11) is 3.64. The third kappa shape index (κ3) is 3.22. The Labute approximate surface area is 96.7 Å². The molecular formula is C12H19N3O. The van der Waals surface area contributed by atoms with Crippen LogP contribution in [0, 0.1) is 12.8 Å². The first-order valence-electron chi connectivity index (χ1n) is 5.40. The summed E-state index contributed by atoms with van der Waals surface area (Å²) in [5, 5.41) is 2.65. The number of amides is 1. The molecule has 1 rings (SSSR count). The van der Waals surface area contributed by atoms with Gasteiger partial charge >= 0.3 is 0 Å². The van der Waals surface area contributed by atoms with Crippen LogP contribution in [0.4, 0.5) is 5.69 Å². The molecule has 88 valence electrons. The second-order valence-electron chi connectivity index (χ2n) is 4.05. The van der Waals surface area contributed by atoms with Crippen molar-refractivity contribution in [3.63, 3.8) is 0 Å². The van der Waals surface area contributed by atoms with Gasteiger partial charge in [0.1, 0.15) is 0 Å². The largest absolute Gasteiger partial charge is 0.374 e. The zero-order chi connectivity index (χ0) is 12.1. The molecule has 16 heavy (non-hydrogen) atoms. The molecule has 0 aliphatic heterocycles. The van der Waals surface area contributed by atoms with Crippen LogP contribution in [0.2, 0.25) is 0 Å². The summed E-state index contributed by atoms with van der Waals surface area (Å²) in [5.41, 5.74) is 2.07. The Hall–Kier alpha value is -1.58. The first-order valence-corrected chi connectivity index (χ1v) is 5.40. The summed E-state index contributed by atoms with van der Waals surface area (Å²) in [6.45, 7) is 4.58. The van der Waals surface area contributed by atoms with Gasteiger partial charge in [0, 0.05) is 38.2 Å². The molecule has 0 fully saturated rings. The summed E-state index contributed by atoms with van der Waals surface area (Å²) in [5.74, 6) is 0.0427. The third-order valence-corrected chi connectivity index (χ3v) is 2.56. The van der Waals surface area contributed by atoms with Crippen molar-refractivity contribution in [2.45, 2.75) is 13.8 Å². The molecule has 1 unspecified atom stereocenters. The van der Waals surface area contributed by atoms with Gasteiger partial charge in [-0.1, -0.05) is 6.92 Å². The number of nitrogens with zero attached hydrogens (tertiary/aromatic N) is 2. The molecular weight excluding hydrogens is 202 g/mol. The standard InChI is InChI=1S/C12H19N3O/c1-9(12(16)13-3)8-15(4)11-5-6-14-10(2)7-11/h5-7,9H,8H2,1-4H3,(H,13,16). The fourth-order valence-corrected chi connectivity index (χ4v) is 1.61. The van der Waals surface area contributed by atoms with Crippen LogP contribution in [0.25, 0.3) is 0 Å². The highest BCUT2D eigenvalue weighted by molar-refractivity contribution is 5.78. The predicted octanol–water partition coefficient (Wildman–Crippen LogP) is 1.21. The van der Waals surface area contributed by atoms with E-state index < -0.39 is 0 Å². The number of anilines is 1. The van der Waals surface area contributed by atoms with Gasteiger partial charge in [0.25, 0.3) is 0 Å². The number of nitrogens with one attached hydrogen (secondary N) is 1. The lowest BCUT2D eigenvalue weighted by atomic mass is 10.1. The summed E-state index contributed by atoms with van der Waals surface area (Å²) in [4.78, 5) is 17.6. The molecule has 0 spiro atoms. The van der Waals surface area contributed by atoms with Crippen molar-refractivity contribution in [1.29, 1.82) is 0 Å². The maximum atomic E-state index is 11.4. The minimum absolute atomic E-state index is 0.0246. The molecule has 0 aliphatic rings. The van der Waals surface area contributed by atoms with Gasteiger partial charge in [-0.05, 0) is 19.1 Å². The molecule has 0 bridgehead atoms. The summed E-state index contributed by atoms with van der Waals surface area (Å²) >= 11 is 0. The maximum absolute atomic E-state index is 11.4. The van der Waals surface area contributed by atoms with Crippen LogP contribution in [0.15, 0.2) is 18.3 Å². The van der Waals surface area contributed by atoms with Gasteiger partial charge in [0.15, 0.2) is 0 Å². The third-order valence-electron chi connectivity index (χ3n) is 2.56. The van der Waals surface area contributed by atoms with E-state index in [0.717, 1.165) is 11.4 Å². The van der Waals surface area contributed by atoms with E-state index in [-0.39, 0.29) is 11.8 Å². The number of carbonyl (C=O) groups is 1. The van der Waals surface area contributed by atoms with Crippen molar-refractivity contribution in [2.75, 3.05) is 25.5 Å². The molecule has 0 aromatic carbocycles. The van der Waals surface area contributed by atoms with Crippen molar-refractivity contribution in [2.24, 2.45) is 5.92 Å². The van der Waals surface area contributed by atoms with Crippen molar-refractivity contribution in [3.8, 4) is 0 Å². The molecule has 1 aromatic heterocycles. The van der Waals surface area contributed by atoms with E-state index in [2.05, 4.69) is 15.2 Å². The molecule has 1 atom stereocenters. The second-order valence-corrected chi connectivity index (χ2v) is 4.05. The van der Waals surface area contributed by atoms with Crippen LogP contribution in [0.3, 0.4) is 0 Å². The van der Waals surface area contributed by atoms with E-state index in [9.17, 15) is 4.79 Å². The summed E-state index contributed by atoms with van der Waals surface area (Å²) in [6, 6.07) is 3.96. The summed E-state index contributed by atoms with van der Waals surface area (Å²) in [6.07, 6.45) is 1.78. The fourth-order valence-electron chi connectivity index (χ4n) is 1.61. The van der Waals surface area contributed by atoms with Gasteiger partial charge in [-0.2, -0.15) is 0 Å². The van der Waals surface area contributed by atoms with Gasteiger partial charge in [0.2, 0.25) is 5.91 Å². The minimum atomic E-state index is -0.0246. The molecule has 0 aliphatic carbocycles. The number of hydrogen-bond acceptors (Lipinski definition) is 3. The van der Waals surface area contributed by atoms with Gasteiger partial charge < -0.3 is 10.2 Å². The molecule has 4 heteroatoms. The van der Waals surface area contributed by atoms with Crippen molar-refractivity contribution >= 4 is 11.6 Å². The normalized spacial score (nSPS) is 12.0. The van der Waals surface area contributed by atoms with E-state index in [0.29, 0.717) is 6.54 Å². The van der Waals surface area contributed by atoms with E-state index in [1.165, 1.54) is 0 Å². The number of aromatic nitrogens is 1. The molecule has 1 heterocycles. The van der Waals surface area contributed by atoms with Gasteiger partial charge in [-0.15, -0.1) is 0 Å². The van der Waals surface area contributed by atoms with Crippen molar-refractivity contribution in [1.82, 2.24) is 10.3 Å². The summed E-state index contributed by atoms with van der Waals surface area (Å²) < 4.78 is 0. The van der Waals surface area contributed by atoms with E-state index >= 15 is 0 Å². The molecule has 0 saturated carbocycles. The van der Waals surface area contributed by atoms with Crippen LogP contribution in [0.1, 0.15) is 12.6 Å². The Bertz CT molecular complexity index is 365. The van der Waals surface area contributed by atoms with Crippen LogP contribution < -0.4 is 10.2 Å². The van der Waals surface area contributed by atoms with Crippen molar-refractivity contribution < 1.29 is 4.79 Å². The van der Waals surface area contributed by atoms with Crippen LogP contribution >= 0.6 is 0 Å². The van der Waals surface area contributed by atoms with E-state index in [4.69, 9.17) is 0 Å². The predicted molar refractivity (Wildman–Crippen MR) is 65.5 cm³/mol. The van der Waals surface area contributed by atoms with E-state index in [1.54, 1.807) is 13.2 Å². The Balaban J connectivity index is 2.65. The highest BCUT2D eigenvalue weighted by atomic mass is 16.1. The lowest BCUT2D eigenvalue weighted by Crippen LogP contribution is -2.34. The van der Waals surface area contributed by atoms with Gasteiger partial charge in [-0.3, -0.25) is 9.78 Å². The van der Waals surface area contributed by atoms with Crippen LogP contribution in [-0.4, -0.2) is 31.5 Å². The van der Waals surface area contributed by atoms with Crippen LogP contribution in [0.5, 0.6) is 0 Å². The Morgan fingerprint density at radius 2 is 2.31 bits per heavy atom. The van der Waals surface area contributed by atoms with E-state index in [1.807, 2.05) is 33.0 Å². The first-order chi connectivity index (χ1) is 7.54. The second kappa shape index (κ2) is 5.49. The topological polar surface area (TPSA) is 45.2 Å². The smallest absolute Gasteiger partial charge is 0.224 e. The maximum Gasteiger partial charge on any atom is 0.224 e. The minimum Gasteiger partial charge on any atom is -0.374 e. The quantitative estimate of drug-likeness (QED) is 0.831. The number of aryl methyl sites for hydroxylation is 1. The van der Waals surface area contributed by atoms with Gasteiger partial charge in [0.05, 0.1) is 5.92 Å². The first kappa shape index (κ1) is 12.5. The number of rotatable bonds is 4. The molecule has 1 N–H and O–H groups in total. The molecule has 4 nitrogen and oxygen atoms in total. The Morgan fingerprint density at radius 1 is 1.62 bits per heavy atom. The Kier molecular flexibility index (Phi) is 4.28. The Morgan fingerprint density at radius 3 is 2.88 bits per heavy atom. The molecule has 0 radical (unpaired) electrons. The average molecular weight is 221 g/mol. The number of pyridine rings is 1. The molecule has 1 amide bonds. The molecule has 1 aromatic rings. The number of carbonyl (C=O) groups excluding carboxylic acids is 1. The average Bonchev–Trinajstić information content (AvgIpc) is 2.27. The highest BCUT2D eigenvalue weighted by Gasteiger charge is 2.13. The fraction of sp³-hybridized carbons (Fsp3) is 0.500. The van der Waals surface area contributed by atoms with Crippen molar-refractivity contribution in [3.05, 3.63) is 24.0 Å². The zero-order valence-electron chi connectivity index (χ0n) is 10.3.